The van der Waals surface area contributed by atoms with E-state index in [1.807, 2.05) is 0 Å². The molecule has 23 heavy (non-hydrogen) atoms. The molecule has 2 aliphatic rings. The highest BCUT2D eigenvalue weighted by Crippen LogP contribution is 2.22. The number of piperazine rings is 1. The molecule has 0 spiro atoms. The van der Waals surface area contributed by atoms with Crippen LogP contribution in [0.5, 0.6) is 5.75 Å². The maximum absolute atomic E-state index is 5.85. The van der Waals surface area contributed by atoms with Crippen molar-refractivity contribution in [3.05, 3.63) is 29.8 Å². The second kappa shape index (κ2) is 8.13. The smallest absolute Gasteiger partial charge is 0.123 e. The summed E-state index contributed by atoms with van der Waals surface area (Å²) in [5, 5.41) is 0. The van der Waals surface area contributed by atoms with Gasteiger partial charge in [0, 0.05) is 50.9 Å². The Labute approximate surface area is 141 Å². The highest BCUT2D eigenvalue weighted by molar-refractivity contribution is 5.33. The molecule has 1 aromatic rings. The predicted molar refractivity (Wildman–Crippen MR) is 95.0 cm³/mol. The van der Waals surface area contributed by atoms with Crippen LogP contribution in [0.4, 0.5) is 0 Å². The summed E-state index contributed by atoms with van der Waals surface area (Å²) < 4.78 is 5.85. The lowest BCUT2D eigenvalue weighted by molar-refractivity contribution is 0.104. The minimum Gasteiger partial charge on any atom is -0.492 e. The summed E-state index contributed by atoms with van der Waals surface area (Å²) in [5.41, 5.74) is 1.33. The van der Waals surface area contributed by atoms with Gasteiger partial charge in [-0.25, -0.2) is 0 Å². The van der Waals surface area contributed by atoms with Crippen LogP contribution in [0, 0.1) is 0 Å². The first kappa shape index (κ1) is 16.7. The molecule has 128 valence electrons. The third kappa shape index (κ3) is 4.69. The Morgan fingerprint density at radius 1 is 0.957 bits per heavy atom. The Morgan fingerprint density at radius 2 is 1.70 bits per heavy atom. The van der Waals surface area contributed by atoms with E-state index in [1.165, 1.54) is 51.3 Å². The fourth-order valence-corrected chi connectivity index (χ4v) is 3.59. The first-order valence-corrected chi connectivity index (χ1v) is 9.12. The number of nitrogens with zero attached hydrogens (tertiary/aromatic N) is 3. The van der Waals surface area contributed by atoms with Crippen molar-refractivity contribution in [1.82, 2.24) is 14.7 Å². The van der Waals surface area contributed by atoms with E-state index in [2.05, 4.69) is 52.8 Å². The summed E-state index contributed by atoms with van der Waals surface area (Å²) >= 11 is 0. The van der Waals surface area contributed by atoms with Gasteiger partial charge in [0.2, 0.25) is 0 Å². The maximum atomic E-state index is 5.85. The molecule has 1 saturated heterocycles. The summed E-state index contributed by atoms with van der Waals surface area (Å²) in [7, 11) is 0. The Kier molecular flexibility index (Phi) is 5.92. The van der Waals surface area contributed by atoms with Gasteiger partial charge in [-0.3, -0.25) is 9.80 Å². The molecule has 0 N–H and O–H groups in total. The van der Waals surface area contributed by atoms with Crippen LogP contribution in [-0.2, 0) is 6.54 Å². The molecular formula is C19H31N3O. The van der Waals surface area contributed by atoms with Gasteiger partial charge in [0.25, 0.3) is 0 Å². The van der Waals surface area contributed by atoms with E-state index in [4.69, 9.17) is 4.74 Å². The van der Waals surface area contributed by atoms with Crippen LogP contribution >= 0.6 is 0 Å². The highest BCUT2D eigenvalue weighted by Gasteiger charge is 2.19. The third-order valence-electron chi connectivity index (χ3n) is 5.12. The summed E-state index contributed by atoms with van der Waals surface area (Å²) in [4.78, 5) is 7.75. The Morgan fingerprint density at radius 3 is 2.48 bits per heavy atom. The van der Waals surface area contributed by atoms with Gasteiger partial charge >= 0.3 is 0 Å². The number of hydrogen-bond donors (Lipinski definition) is 0. The summed E-state index contributed by atoms with van der Waals surface area (Å²) in [5.74, 6) is 1.07. The summed E-state index contributed by atoms with van der Waals surface area (Å²) in [6.07, 6.45) is 1.25. The molecule has 3 rings (SSSR count). The third-order valence-corrected chi connectivity index (χ3v) is 5.12. The molecule has 0 amide bonds. The molecule has 0 aromatic heterocycles. The van der Waals surface area contributed by atoms with Gasteiger partial charge in [0.15, 0.2) is 0 Å². The summed E-state index contributed by atoms with van der Waals surface area (Å²) in [6, 6.07) is 9.14. The minimum atomic E-state index is 0.689. The molecule has 4 nitrogen and oxygen atoms in total. The second-order valence-electron chi connectivity index (χ2n) is 7.06. The van der Waals surface area contributed by atoms with Crippen LogP contribution in [-0.4, -0.2) is 73.2 Å². The van der Waals surface area contributed by atoms with E-state index in [0.717, 1.165) is 25.4 Å². The molecule has 0 bridgehead atoms. The molecule has 1 fully saturated rings. The van der Waals surface area contributed by atoms with Crippen LogP contribution < -0.4 is 4.74 Å². The van der Waals surface area contributed by atoms with Gasteiger partial charge in [-0.2, -0.15) is 0 Å². The normalized spacial score (nSPS) is 21.0. The molecule has 0 unspecified atom stereocenters. The molecule has 1 aromatic carbocycles. The van der Waals surface area contributed by atoms with Crippen molar-refractivity contribution < 1.29 is 4.74 Å². The lowest BCUT2D eigenvalue weighted by Gasteiger charge is -2.37. The molecule has 0 aliphatic carbocycles. The number of benzene rings is 1. The van der Waals surface area contributed by atoms with E-state index in [-0.39, 0.29) is 0 Å². The van der Waals surface area contributed by atoms with Crippen molar-refractivity contribution in [2.24, 2.45) is 0 Å². The van der Waals surface area contributed by atoms with Gasteiger partial charge < -0.3 is 9.64 Å². The molecule has 2 aliphatic heterocycles. The first-order chi connectivity index (χ1) is 11.2. The fourth-order valence-electron chi connectivity index (χ4n) is 3.59. The fraction of sp³-hybridized carbons (Fsp3) is 0.684. The number of fused-ring (bicyclic) bond motifs is 1. The Hall–Kier alpha value is -1.10. The number of hydrogen-bond acceptors (Lipinski definition) is 4. The van der Waals surface area contributed by atoms with Gasteiger partial charge in [-0.1, -0.05) is 18.2 Å². The lowest BCUT2D eigenvalue weighted by atomic mass is 10.2. The standard InChI is InChI=1S/C19H31N3O/c1-17(2)22-12-10-20(11-13-22)8-5-9-21-14-15-23-19-7-4-3-6-18(19)16-21/h3-4,6-7,17H,5,8-16H2,1-2H3. The molecule has 4 heteroatoms. The van der Waals surface area contributed by atoms with Crippen molar-refractivity contribution in [2.75, 3.05) is 52.4 Å². The van der Waals surface area contributed by atoms with Crippen molar-refractivity contribution in [3.63, 3.8) is 0 Å². The second-order valence-corrected chi connectivity index (χ2v) is 7.06. The number of rotatable bonds is 5. The summed E-state index contributed by atoms with van der Waals surface area (Å²) in [6.45, 7) is 14.8. The zero-order valence-electron chi connectivity index (χ0n) is 14.7. The van der Waals surface area contributed by atoms with Crippen molar-refractivity contribution in [3.8, 4) is 5.75 Å². The minimum absolute atomic E-state index is 0.689. The average Bonchev–Trinajstić information content (AvgIpc) is 2.77. The monoisotopic (exact) mass is 317 g/mol. The van der Waals surface area contributed by atoms with E-state index < -0.39 is 0 Å². The maximum Gasteiger partial charge on any atom is 0.123 e. The molecule has 0 atom stereocenters. The first-order valence-electron chi connectivity index (χ1n) is 9.12. The molecule has 2 heterocycles. The number of para-hydroxylation sites is 1. The van der Waals surface area contributed by atoms with E-state index in [1.54, 1.807) is 0 Å². The van der Waals surface area contributed by atoms with E-state index >= 15 is 0 Å². The zero-order valence-corrected chi connectivity index (χ0v) is 14.7. The van der Waals surface area contributed by atoms with Crippen molar-refractivity contribution in [2.45, 2.75) is 32.9 Å². The zero-order chi connectivity index (χ0) is 16.1. The van der Waals surface area contributed by atoms with Gasteiger partial charge in [0.1, 0.15) is 12.4 Å². The van der Waals surface area contributed by atoms with Crippen molar-refractivity contribution in [1.29, 1.82) is 0 Å². The van der Waals surface area contributed by atoms with Gasteiger partial charge in [-0.05, 0) is 39.4 Å². The van der Waals surface area contributed by atoms with Crippen LogP contribution in [0.3, 0.4) is 0 Å². The largest absolute Gasteiger partial charge is 0.492 e. The topological polar surface area (TPSA) is 19.0 Å². The predicted octanol–water partition coefficient (Wildman–Crippen LogP) is 2.30. The SMILES string of the molecule is CC(C)N1CCN(CCCN2CCOc3ccccc3C2)CC1. The van der Waals surface area contributed by atoms with Crippen LogP contribution in [0.15, 0.2) is 24.3 Å². The molecule has 0 radical (unpaired) electrons. The van der Waals surface area contributed by atoms with Crippen LogP contribution in [0.25, 0.3) is 0 Å². The number of ether oxygens (including phenoxy) is 1. The Bertz CT molecular complexity index is 483. The molecule has 0 saturated carbocycles. The average molecular weight is 317 g/mol. The van der Waals surface area contributed by atoms with Crippen molar-refractivity contribution >= 4 is 0 Å². The molecular weight excluding hydrogens is 286 g/mol. The Balaban J connectivity index is 1.40. The van der Waals surface area contributed by atoms with Crippen LogP contribution in [0.2, 0.25) is 0 Å². The quantitative estimate of drug-likeness (QED) is 0.829. The van der Waals surface area contributed by atoms with E-state index in [9.17, 15) is 0 Å². The highest BCUT2D eigenvalue weighted by atomic mass is 16.5. The van der Waals surface area contributed by atoms with Gasteiger partial charge in [0.05, 0.1) is 0 Å². The lowest BCUT2D eigenvalue weighted by Crippen LogP contribution is -2.49. The van der Waals surface area contributed by atoms with Crippen LogP contribution in [0.1, 0.15) is 25.8 Å². The van der Waals surface area contributed by atoms with E-state index in [0.29, 0.717) is 6.04 Å². The van der Waals surface area contributed by atoms with Gasteiger partial charge in [-0.15, -0.1) is 0 Å².